The predicted octanol–water partition coefficient (Wildman–Crippen LogP) is 4.44. The van der Waals surface area contributed by atoms with Gasteiger partial charge in [-0.15, -0.1) is 11.3 Å². The van der Waals surface area contributed by atoms with Crippen molar-refractivity contribution in [2.24, 2.45) is 0 Å². The van der Waals surface area contributed by atoms with Crippen LogP contribution in [0.4, 0.5) is 5.69 Å². The lowest BCUT2D eigenvalue weighted by Gasteiger charge is -2.18. The fourth-order valence-corrected chi connectivity index (χ4v) is 3.73. The Morgan fingerprint density at radius 3 is 2.92 bits per heavy atom. The smallest absolute Gasteiger partial charge is 0.267 e. The molecule has 0 N–H and O–H groups in total. The molecule has 25 heavy (non-hydrogen) atoms. The SMILES string of the molecule is CC(C)c1cccc(N2CC(c3noc(-c4cccs4)n3)CC2=O)c1. The highest BCUT2D eigenvalue weighted by Gasteiger charge is 2.34. The number of amides is 1. The lowest BCUT2D eigenvalue weighted by molar-refractivity contribution is -0.117. The number of thiophene rings is 1. The minimum absolute atomic E-state index is 0.0346. The Morgan fingerprint density at radius 2 is 2.16 bits per heavy atom. The van der Waals surface area contributed by atoms with Gasteiger partial charge in [0.15, 0.2) is 5.82 Å². The van der Waals surface area contributed by atoms with E-state index < -0.39 is 0 Å². The summed E-state index contributed by atoms with van der Waals surface area (Å²) in [6.07, 6.45) is 0.412. The summed E-state index contributed by atoms with van der Waals surface area (Å²) in [5.41, 5.74) is 2.17. The van der Waals surface area contributed by atoms with Crippen LogP contribution >= 0.6 is 11.3 Å². The van der Waals surface area contributed by atoms with Gasteiger partial charge in [0, 0.05) is 24.6 Å². The van der Waals surface area contributed by atoms with Crippen molar-refractivity contribution >= 4 is 22.9 Å². The maximum atomic E-state index is 12.5. The van der Waals surface area contributed by atoms with Gasteiger partial charge in [0.2, 0.25) is 5.91 Å². The molecule has 2 aromatic heterocycles. The predicted molar refractivity (Wildman–Crippen MR) is 97.9 cm³/mol. The molecule has 0 aliphatic carbocycles. The van der Waals surface area contributed by atoms with Crippen LogP contribution < -0.4 is 4.90 Å². The van der Waals surface area contributed by atoms with Crippen LogP contribution in [0.25, 0.3) is 10.8 Å². The second-order valence-electron chi connectivity index (χ2n) is 6.59. The molecule has 0 radical (unpaired) electrons. The number of hydrogen-bond acceptors (Lipinski definition) is 5. The van der Waals surface area contributed by atoms with Crippen LogP contribution in [0.15, 0.2) is 46.3 Å². The first-order valence-electron chi connectivity index (χ1n) is 8.39. The molecule has 3 heterocycles. The van der Waals surface area contributed by atoms with Gasteiger partial charge in [-0.25, -0.2) is 0 Å². The summed E-state index contributed by atoms with van der Waals surface area (Å²) in [7, 11) is 0. The van der Waals surface area contributed by atoms with Crippen LogP contribution in [-0.4, -0.2) is 22.6 Å². The van der Waals surface area contributed by atoms with Crippen LogP contribution in [0.2, 0.25) is 0 Å². The second-order valence-corrected chi connectivity index (χ2v) is 7.54. The maximum Gasteiger partial charge on any atom is 0.267 e. The number of hydrogen-bond donors (Lipinski definition) is 0. The average Bonchev–Trinajstić information content (AvgIpc) is 3.34. The normalized spacial score (nSPS) is 17.6. The van der Waals surface area contributed by atoms with Crippen molar-refractivity contribution in [1.29, 1.82) is 0 Å². The van der Waals surface area contributed by atoms with Gasteiger partial charge in [-0.3, -0.25) is 4.79 Å². The van der Waals surface area contributed by atoms with Crippen molar-refractivity contribution in [3.05, 3.63) is 53.2 Å². The maximum absolute atomic E-state index is 12.5. The molecule has 1 atom stereocenters. The van der Waals surface area contributed by atoms with E-state index in [0.717, 1.165) is 10.6 Å². The Kier molecular flexibility index (Phi) is 4.13. The van der Waals surface area contributed by atoms with Crippen molar-refractivity contribution in [2.45, 2.75) is 32.1 Å². The molecule has 1 amide bonds. The van der Waals surface area contributed by atoms with Gasteiger partial charge in [-0.2, -0.15) is 4.98 Å². The zero-order valence-electron chi connectivity index (χ0n) is 14.2. The van der Waals surface area contributed by atoms with E-state index in [1.807, 2.05) is 34.5 Å². The molecule has 0 bridgehead atoms. The minimum Gasteiger partial charge on any atom is -0.333 e. The van der Waals surface area contributed by atoms with Crippen molar-refractivity contribution in [2.75, 3.05) is 11.4 Å². The molecule has 128 valence electrons. The van der Waals surface area contributed by atoms with E-state index in [1.54, 1.807) is 11.3 Å². The van der Waals surface area contributed by atoms with Crippen LogP contribution in [0.5, 0.6) is 0 Å². The van der Waals surface area contributed by atoms with Crippen molar-refractivity contribution in [3.63, 3.8) is 0 Å². The van der Waals surface area contributed by atoms with Crippen LogP contribution in [-0.2, 0) is 4.79 Å². The van der Waals surface area contributed by atoms with Crippen molar-refractivity contribution < 1.29 is 9.32 Å². The average molecular weight is 353 g/mol. The Morgan fingerprint density at radius 1 is 1.28 bits per heavy atom. The zero-order valence-corrected chi connectivity index (χ0v) is 15.0. The van der Waals surface area contributed by atoms with E-state index in [-0.39, 0.29) is 11.8 Å². The lowest BCUT2D eigenvalue weighted by atomic mass is 10.0. The fourth-order valence-electron chi connectivity index (χ4n) is 3.08. The molecule has 1 aliphatic rings. The molecule has 4 rings (SSSR count). The number of carbonyl (C=O) groups excluding carboxylic acids is 1. The molecule has 6 heteroatoms. The molecule has 1 saturated heterocycles. The molecular formula is C19H19N3O2S. The van der Waals surface area contributed by atoms with Gasteiger partial charge in [-0.05, 0) is 35.1 Å². The van der Waals surface area contributed by atoms with Gasteiger partial charge >= 0.3 is 0 Å². The van der Waals surface area contributed by atoms with E-state index >= 15 is 0 Å². The third kappa shape index (κ3) is 3.09. The Labute approximate surface area is 150 Å². The number of carbonyl (C=O) groups is 1. The number of benzene rings is 1. The summed E-state index contributed by atoms with van der Waals surface area (Å²) in [4.78, 5) is 19.8. The quantitative estimate of drug-likeness (QED) is 0.696. The minimum atomic E-state index is -0.0346. The molecule has 3 aromatic rings. The first-order valence-corrected chi connectivity index (χ1v) is 9.27. The Hall–Kier alpha value is -2.47. The van der Waals surface area contributed by atoms with E-state index in [2.05, 4.69) is 36.1 Å². The second kappa shape index (κ2) is 6.44. The summed E-state index contributed by atoms with van der Waals surface area (Å²) in [5.74, 6) is 1.64. The van der Waals surface area contributed by atoms with E-state index in [4.69, 9.17) is 4.52 Å². The summed E-state index contributed by atoms with van der Waals surface area (Å²) in [5, 5.41) is 6.08. The van der Waals surface area contributed by atoms with Crippen molar-refractivity contribution in [1.82, 2.24) is 10.1 Å². The van der Waals surface area contributed by atoms with Crippen molar-refractivity contribution in [3.8, 4) is 10.8 Å². The Bertz CT molecular complexity index is 886. The third-order valence-electron chi connectivity index (χ3n) is 4.51. The largest absolute Gasteiger partial charge is 0.333 e. The molecule has 1 aliphatic heterocycles. The molecule has 0 spiro atoms. The van der Waals surface area contributed by atoms with Crippen LogP contribution in [0, 0.1) is 0 Å². The van der Waals surface area contributed by atoms with E-state index in [0.29, 0.717) is 30.6 Å². The highest BCUT2D eigenvalue weighted by molar-refractivity contribution is 7.13. The highest BCUT2D eigenvalue weighted by Crippen LogP contribution is 2.33. The highest BCUT2D eigenvalue weighted by atomic mass is 32.1. The summed E-state index contributed by atoms with van der Waals surface area (Å²) in [6, 6.07) is 12.1. The van der Waals surface area contributed by atoms with Gasteiger partial charge in [0.25, 0.3) is 5.89 Å². The van der Waals surface area contributed by atoms with Gasteiger partial charge in [0.05, 0.1) is 4.88 Å². The van der Waals surface area contributed by atoms with Gasteiger partial charge < -0.3 is 9.42 Å². The number of rotatable bonds is 4. The summed E-state index contributed by atoms with van der Waals surface area (Å²) in [6.45, 7) is 4.89. The van der Waals surface area contributed by atoms with Gasteiger partial charge in [-0.1, -0.05) is 37.2 Å². The molecule has 1 unspecified atom stereocenters. The summed E-state index contributed by atoms with van der Waals surface area (Å²) >= 11 is 1.56. The monoisotopic (exact) mass is 353 g/mol. The molecule has 1 aromatic carbocycles. The topological polar surface area (TPSA) is 59.2 Å². The van der Waals surface area contributed by atoms with E-state index in [9.17, 15) is 4.79 Å². The number of aromatic nitrogens is 2. The third-order valence-corrected chi connectivity index (χ3v) is 5.37. The molecule has 5 nitrogen and oxygen atoms in total. The van der Waals surface area contributed by atoms with E-state index in [1.165, 1.54) is 5.56 Å². The van der Waals surface area contributed by atoms with Crippen LogP contribution in [0.1, 0.15) is 43.5 Å². The molecule has 0 saturated carbocycles. The number of nitrogens with zero attached hydrogens (tertiary/aromatic N) is 3. The molecule has 1 fully saturated rings. The molecular weight excluding hydrogens is 334 g/mol. The first-order chi connectivity index (χ1) is 12.1. The zero-order chi connectivity index (χ0) is 17.4. The van der Waals surface area contributed by atoms with Gasteiger partial charge in [0.1, 0.15) is 0 Å². The lowest BCUT2D eigenvalue weighted by Crippen LogP contribution is -2.24. The first kappa shape index (κ1) is 16.0. The summed E-state index contributed by atoms with van der Waals surface area (Å²) < 4.78 is 5.37. The van der Waals surface area contributed by atoms with Crippen LogP contribution in [0.3, 0.4) is 0 Å². The number of anilines is 1. The fraction of sp³-hybridized carbons (Fsp3) is 0.316. The Balaban J connectivity index is 1.55. The standard InChI is InChI=1S/C19H19N3O2S/c1-12(2)13-5-3-6-15(9-13)22-11-14(10-17(22)23)18-20-19(24-21-18)16-7-4-8-25-16/h3-9,12,14H,10-11H2,1-2H3.